The summed E-state index contributed by atoms with van der Waals surface area (Å²) in [6.45, 7) is 0. The molecule has 2 aromatic rings. The smallest absolute Gasteiger partial charge is 0.266 e. The lowest BCUT2D eigenvalue weighted by Gasteiger charge is -1.98. The number of benzene rings is 1. The van der Waals surface area contributed by atoms with Crippen molar-refractivity contribution in [1.29, 1.82) is 0 Å². The third-order valence-electron chi connectivity index (χ3n) is 1.92. The van der Waals surface area contributed by atoms with E-state index >= 15 is 0 Å². The van der Waals surface area contributed by atoms with Crippen LogP contribution in [0.1, 0.15) is 12.0 Å². The van der Waals surface area contributed by atoms with Crippen molar-refractivity contribution in [2.24, 2.45) is 0 Å². The summed E-state index contributed by atoms with van der Waals surface area (Å²) in [5.74, 6) is 0. The second kappa shape index (κ2) is 3.62. The summed E-state index contributed by atoms with van der Waals surface area (Å²) in [5.41, 5.74) is 6.19. The maximum atomic E-state index is 12.7. The van der Waals surface area contributed by atoms with Crippen molar-refractivity contribution in [1.82, 2.24) is 0 Å². The summed E-state index contributed by atoms with van der Waals surface area (Å²) in [6.07, 6.45) is -2.43. The maximum absolute atomic E-state index is 12.7. The number of rotatable bonds is 1. The molecule has 74 valence electrons. The highest BCUT2D eigenvalue weighted by Gasteiger charge is 2.18. The standard InChI is InChI=1S/C9H6F2INS/c10-8(11)7-5-3-4(13)1-2-6(5)14-9(7)12/h1-3,8H,13H2. The van der Waals surface area contributed by atoms with E-state index in [-0.39, 0.29) is 5.56 Å². The van der Waals surface area contributed by atoms with Gasteiger partial charge in [-0.05, 0) is 40.8 Å². The van der Waals surface area contributed by atoms with E-state index in [0.29, 0.717) is 14.0 Å². The van der Waals surface area contributed by atoms with Crippen LogP contribution in [0.2, 0.25) is 0 Å². The first kappa shape index (κ1) is 10.1. The van der Waals surface area contributed by atoms with Crippen LogP contribution in [0, 0.1) is 2.88 Å². The zero-order valence-electron chi connectivity index (χ0n) is 6.93. The highest BCUT2D eigenvalue weighted by atomic mass is 127. The molecular formula is C9H6F2INS. The average molecular weight is 325 g/mol. The molecular weight excluding hydrogens is 319 g/mol. The summed E-state index contributed by atoms with van der Waals surface area (Å²) >= 11 is 3.31. The minimum Gasteiger partial charge on any atom is -0.399 e. The Labute approximate surface area is 97.1 Å². The van der Waals surface area contributed by atoms with Gasteiger partial charge in [-0.1, -0.05) is 0 Å². The van der Waals surface area contributed by atoms with Crippen molar-refractivity contribution in [2.75, 3.05) is 5.73 Å². The number of nitrogen functional groups attached to an aromatic ring is 1. The van der Waals surface area contributed by atoms with Crippen LogP contribution in [-0.4, -0.2) is 0 Å². The quantitative estimate of drug-likeness (QED) is 0.622. The van der Waals surface area contributed by atoms with Crippen LogP contribution < -0.4 is 5.73 Å². The SMILES string of the molecule is Nc1ccc2sc(I)c(C(F)F)c2c1. The van der Waals surface area contributed by atoms with Gasteiger partial charge in [0.2, 0.25) is 0 Å². The van der Waals surface area contributed by atoms with Crippen LogP contribution in [-0.2, 0) is 0 Å². The zero-order valence-corrected chi connectivity index (χ0v) is 9.90. The van der Waals surface area contributed by atoms with Crippen molar-refractivity contribution < 1.29 is 8.78 Å². The van der Waals surface area contributed by atoms with Crippen molar-refractivity contribution in [3.63, 3.8) is 0 Å². The number of alkyl halides is 2. The van der Waals surface area contributed by atoms with Crippen LogP contribution in [0.25, 0.3) is 10.1 Å². The van der Waals surface area contributed by atoms with E-state index in [0.717, 1.165) is 4.70 Å². The maximum Gasteiger partial charge on any atom is 0.266 e. The molecule has 0 bridgehead atoms. The topological polar surface area (TPSA) is 26.0 Å². The lowest BCUT2D eigenvalue weighted by atomic mass is 10.1. The molecule has 1 nitrogen and oxygen atoms in total. The van der Waals surface area contributed by atoms with Gasteiger partial charge in [-0.15, -0.1) is 11.3 Å². The molecule has 1 heterocycles. The minimum absolute atomic E-state index is 0.109. The molecule has 0 saturated heterocycles. The molecule has 2 rings (SSSR count). The predicted molar refractivity (Wildman–Crippen MR) is 63.9 cm³/mol. The monoisotopic (exact) mass is 325 g/mol. The zero-order chi connectivity index (χ0) is 10.3. The molecule has 14 heavy (non-hydrogen) atoms. The van der Waals surface area contributed by atoms with Crippen molar-refractivity contribution in [3.05, 3.63) is 26.6 Å². The number of anilines is 1. The Kier molecular flexibility index (Phi) is 2.61. The highest BCUT2D eigenvalue weighted by molar-refractivity contribution is 14.1. The molecule has 0 saturated carbocycles. The van der Waals surface area contributed by atoms with Crippen molar-refractivity contribution in [2.45, 2.75) is 6.43 Å². The first-order chi connectivity index (χ1) is 6.59. The molecule has 0 spiro atoms. The predicted octanol–water partition coefficient (Wildman–Crippen LogP) is 4.03. The molecule has 1 aromatic heterocycles. The fourth-order valence-corrected chi connectivity index (χ4v) is 3.46. The summed E-state index contributed by atoms with van der Waals surface area (Å²) in [4.78, 5) is 0. The highest BCUT2D eigenvalue weighted by Crippen LogP contribution is 2.38. The number of fused-ring (bicyclic) bond motifs is 1. The summed E-state index contributed by atoms with van der Waals surface area (Å²) in [6, 6.07) is 5.11. The van der Waals surface area contributed by atoms with Crippen molar-refractivity contribution >= 4 is 49.7 Å². The molecule has 0 unspecified atom stereocenters. The van der Waals surface area contributed by atoms with E-state index in [4.69, 9.17) is 5.73 Å². The Balaban J connectivity index is 2.79. The van der Waals surface area contributed by atoms with Gasteiger partial charge in [-0.25, -0.2) is 8.78 Å². The fourth-order valence-electron chi connectivity index (χ4n) is 1.31. The first-order valence-corrected chi connectivity index (χ1v) is 5.74. The van der Waals surface area contributed by atoms with Gasteiger partial charge in [0.25, 0.3) is 6.43 Å². The molecule has 0 radical (unpaired) electrons. The van der Waals surface area contributed by atoms with E-state index in [1.54, 1.807) is 18.2 Å². The minimum atomic E-state index is -2.43. The molecule has 1 aromatic carbocycles. The van der Waals surface area contributed by atoms with Crippen LogP contribution >= 0.6 is 33.9 Å². The Morgan fingerprint density at radius 2 is 2.07 bits per heavy atom. The molecule has 0 fully saturated rings. The van der Waals surface area contributed by atoms with E-state index in [9.17, 15) is 8.78 Å². The van der Waals surface area contributed by atoms with Gasteiger partial charge >= 0.3 is 0 Å². The Bertz CT molecular complexity index is 481. The Hall–Kier alpha value is -0.430. The molecule has 0 aliphatic rings. The number of thiophene rings is 1. The second-order valence-corrected chi connectivity index (χ2v) is 5.71. The number of hydrogen-bond acceptors (Lipinski definition) is 2. The summed E-state index contributed by atoms with van der Waals surface area (Å²) < 4.78 is 26.9. The van der Waals surface area contributed by atoms with Gasteiger partial charge in [-0.3, -0.25) is 0 Å². The lowest BCUT2D eigenvalue weighted by molar-refractivity contribution is 0.152. The van der Waals surface area contributed by atoms with Gasteiger partial charge in [0.15, 0.2) is 0 Å². The van der Waals surface area contributed by atoms with E-state index < -0.39 is 6.43 Å². The average Bonchev–Trinajstić information content (AvgIpc) is 2.40. The van der Waals surface area contributed by atoms with Crippen LogP contribution in [0.3, 0.4) is 0 Å². The van der Waals surface area contributed by atoms with Gasteiger partial charge in [0.1, 0.15) is 0 Å². The van der Waals surface area contributed by atoms with Gasteiger partial charge < -0.3 is 5.73 Å². The summed E-state index contributed by atoms with van der Waals surface area (Å²) in [7, 11) is 0. The molecule has 0 amide bonds. The van der Waals surface area contributed by atoms with Crippen LogP contribution in [0.5, 0.6) is 0 Å². The lowest BCUT2D eigenvalue weighted by Crippen LogP contribution is -1.86. The second-order valence-electron chi connectivity index (χ2n) is 2.85. The number of halogens is 3. The van der Waals surface area contributed by atoms with E-state index in [2.05, 4.69) is 0 Å². The Morgan fingerprint density at radius 1 is 1.36 bits per heavy atom. The third kappa shape index (κ3) is 1.58. The van der Waals surface area contributed by atoms with Gasteiger partial charge in [0, 0.05) is 21.3 Å². The number of hydrogen-bond donors (Lipinski definition) is 1. The molecule has 0 atom stereocenters. The molecule has 2 N–H and O–H groups in total. The molecule has 5 heteroatoms. The van der Waals surface area contributed by atoms with E-state index in [1.807, 2.05) is 22.6 Å². The third-order valence-corrected chi connectivity index (χ3v) is 4.14. The largest absolute Gasteiger partial charge is 0.399 e. The first-order valence-electron chi connectivity index (χ1n) is 3.85. The van der Waals surface area contributed by atoms with Crippen LogP contribution in [0.15, 0.2) is 18.2 Å². The van der Waals surface area contributed by atoms with Gasteiger partial charge in [0.05, 0.1) is 2.88 Å². The Morgan fingerprint density at radius 3 is 2.71 bits per heavy atom. The van der Waals surface area contributed by atoms with Gasteiger partial charge in [-0.2, -0.15) is 0 Å². The molecule has 0 aliphatic carbocycles. The van der Waals surface area contributed by atoms with E-state index in [1.165, 1.54) is 11.3 Å². The number of nitrogens with two attached hydrogens (primary N) is 1. The van der Waals surface area contributed by atoms with Crippen LogP contribution in [0.4, 0.5) is 14.5 Å². The normalized spacial score (nSPS) is 11.4. The molecule has 0 aliphatic heterocycles. The fraction of sp³-hybridized carbons (Fsp3) is 0.111. The summed E-state index contributed by atoms with van der Waals surface area (Å²) in [5, 5.41) is 0.578. The van der Waals surface area contributed by atoms with Crippen molar-refractivity contribution in [3.8, 4) is 0 Å².